The highest BCUT2D eigenvalue weighted by molar-refractivity contribution is 5.82. The maximum absolute atomic E-state index is 12.6. The van der Waals surface area contributed by atoms with Crippen molar-refractivity contribution in [3.05, 3.63) is 11.6 Å². The SMILES string of the molecule is CCc1n[nH]c(CN2CCCC2C(=O)NCC2CCCCC2)n1. The van der Waals surface area contributed by atoms with Crippen LogP contribution in [-0.4, -0.2) is 45.1 Å². The van der Waals surface area contributed by atoms with E-state index in [9.17, 15) is 4.79 Å². The first-order valence-electron chi connectivity index (χ1n) is 9.18. The second-order valence-corrected chi connectivity index (χ2v) is 6.93. The first-order chi connectivity index (χ1) is 11.3. The van der Waals surface area contributed by atoms with E-state index >= 15 is 0 Å². The molecule has 2 heterocycles. The predicted octanol–water partition coefficient (Wildman–Crippen LogP) is 2.03. The Labute approximate surface area is 138 Å². The van der Waals surface area contributed by atoms with E-state index in [1.54, 1.807) is 0 Å². The molecule has 0 bridgehead atoms. The van der Waals surface area contributed by atoms with Crippen LogP contribution in [0.2, 0.25) is 0 Å². The molecule has 1 amide bonds. The third-order valence-electron chi connectivity index (χ3n) is 5.20. The van der Waals surface area contributed by atoms with E-state index in [0.29, 0.717) is 12.5 Å². The van der Waals surface area contributed by atoms with Gasteiger partial charge in [-0.3, -0.25) is 14.8 Å². The van der Waals surface area contributed by atoms with Crippen LogP contribution < -0.4 is 5.32 Å². The van der Waals surface area contributed by atoms with Gasteiger partial charge in [-0.25, -0.2) is 4.98 Å². The van der Waals surface area contributed by atoms with E-state index in [1.807, 2.05) is 6.92 Å². The van der Waals surface area contributed by atoms with Gasteiger partial charge in [-0.15, -0.1) is 0 Å². The van der Waals surface area contributed by atoms with E-state index in [-0.39, 0.29) is 11.9 Å². The molecule has 1 aliphatic carbocycles. The van der Waals surface area contributed by atoms with E-state index in [1.165, 1.54) is 32.1 Å². The van der Waals surface area contributed by atoms with Gasteiger partial charge in [0.05, 0.1) is 12.6 Å². The van der Waals surface area contributed by atoms with Gasteiger partial charge in [-0.05, 0) is 38.1 Å². The number of hydrogen-bond donors (Lipinski definition) is 2. The Morgan fingerprint density at radius 2 is 2.09 bits per heavy atom. The molecule has 0 radical (unpaired) electrons. The van der Waals surface area contributed by atoms with Gasteiger partial charge in [0.25, 0.3) is 0 Å². The number of likely N-dealkylation sites (tertiary alicyclic amines) is 1. The molecule has 1 aliphatic heterocycles. The second-order valence-electron chi connectivity index (χ2n) is 6.93. The summed E-state index contributed by atoms with van der Waals surface area (Å²) >= 11 is 0. The van der Waals surface area contributed by atoms with Crippen LogP contribution >= 0.6 is 0 Å². The lowest BCUT2D eigenvalue weighted by Crippen LogP contribution is -2.44. The summed E-state index contributed by atoms with van der Waals surface area (Å²) in [6, 6.07) is -0.00577. The lowest BCUT2D eigenvalue weighted by atomic mass is 9.89. The molecule has 1 unspecified atom stereocenters. The van der Waals surface area contributed by atoms with Crippen LogP contribution in [0.5, 0.6) is 0 Å². The summed E-state index contributed by atoms with van der Waals surface area (Å²) < 4.78 is 0. The molecule has 128 valence electrons. The van der Waals surface area contributed by atoms with Crippen molar-refractivity contribution in [2.45, 2.75) is 70.9 Å². The standard InChI is InChI=1S/C17H29N5O/c1-2-15-19-16(21-20-15)12-22-10-6-9-14(22)17(23)18-11-13-7-4-3-5-8-13/h13-14H,2-12H2,1H3,(H,18,23)(H,19,20,21). The van der Waals surface area contributed by atoms with Gasteiger partial charge >= 0.3 is 0 Å². The molecule has 2 fully saturated rings. The van der Waals surface area contributed by atoms with Crippen molar-refractivity contribution >= 4 is 5.91 Å². The van der Waals surface area contributed by atoms with E-state index < -0.39 is 0 Å². The highest BCUT2D eigenvalue weighted by atomic mass is 16.2. The number of hydrogen-bond acceptors (Lipinski definition) is 4. The largest absolute Gasteiger partial charge is 0.354 e. The average molecular weight is 319 g/mol. The quantitative estimate of drug-likeness (QED) is 0.841. The van der Waals surface area contributed by atoms with Gasteiger partial charge in [0.1, 0.15) is 11.6 Å². The molecule has 1 saturated heterocycles. The molecule has 23 heavy (non-hydrogen) atoms. The maximum Gasteiger partial charge on any atom is 0.237 e. The summed E-state index contributed by atoms with van der Waals surface area (Å²) in [4.78, 5) is 19.2. The smallest absolute Gasteiger partial charge is 0.237 e. The number of carbonyl (C=O) groups excluding carboxylic acids is 1. The molecule has 0 spiro atoms. The Morgan fingerprint density at radius 1 is 1.26 bits per heavy atom. The number of carbonyl (C=O) groups is 1. The number of nitrogens with one attached hydrogen (secondary N) is 2. The Morgan fingerprint density at radius 3 is 2.83 bits per heavy atom. The molecule has 1 aromatic heterocycles. The molecule has 1 saturated carbocycles. The van der Waals surface area contributed by atoms with Gasteiger partial charge in [-0.2, -0.15) is 5.10 Å². The second kappa shape index (κ2) is 7.90. The maximum atomic E-state index is 12.6. The molecule has 0 aromatic carbocycles. The summed E-state index contributed by atoms with van der Waals surface area (Å²) in [7, 11) is 0. The average Bonchev–Trinajstić information content (AvgIpc) is 3.23. The van der Waals surface area contributed by atoms with Crippen molar-refractivity contribution in [1.82, 2.24) is 25.4 Å². The van der Waals surface area contributed by atoms with Gasteiger partial charge in [0, 0.05) is 13.0 Å². The molecule has 1 atom stereocenters. The summed E-state index contributed by atoms with van der Waals surface area (Å²) in [5.41, 5.74) is 0. The number of amides is 1. The summed E-state index contributed by atoms with van der Waals surface area (Å²) in [6.45, 7) is 4.55. The lowest BCUT2D eigenvalue weighted by molar-refractivity contribution is -0.125. The number of H-pyrrole nitrogens is 1. The summed E-state index contributed by atoms with van der Waals surface area (Å²) in [5, 5.41) is 10.4. The molecule has 1 aromatic rings. The molecule has 2 aliphatic rings. The van der Waals surface area contributed by atoms with Crippen LogP contribution in [-0.2, 0) is 17.8 Å². The predicted molar refractivity (Wildman–Crippen MR) is 88.8 cm³/mol. The number of aromatic nitrogens is 3. The number of aryl methyl sites for hydroxylation is 1. The van der Waals surface area contributed by atoms with Crippen LogP contribution in [0.3, 0.4) is 0 Å². The minimum atomic E-state index is -0.00577. The minimum Gasteiger partial charge on any atom is -0.354 e. The molecular formula is C17H29N5O. The number of aromatic amines is 1. The summed E-state index contributed by atoms with van der Waals surface area (Å²) in [6.07, 6.45) is 9.41. The monoisotopic (exact) mass is 319 g/mol. The van der Waals surface area contributed by atoms with Crippen LogP contribution in [0.15, 0.2) is 0 Å². The van der Waals surface area contributed by atoms with Crippen molar-refractivity contribution < 1.29 is 4.79 Å². The normalized spacial score (nSPS) is 23.3. The van der Waals surface area contributed by atoms with Crippen molar-refractivity contribution in [2.24, 2.45) is 5.92 Å². The minimum absolute atomic E-state index is 0.00577. The Balaban J connectivity index is 1.49. The van der Waals surface area contributed by atoms with Crippen molar-refractivity contribution in [3.63, 3.8) is 0 Å². The van der Waals surface area contributed by atoms with Crippen LogP contribution in [0.25, 0.3) is 0 Å². The van der Waals surface area contributed by atoms with Gasteiger partial charge in [0.15, 0.2) is 0 Å². The van der Waals surface area contributed by atoms with Crippen molar-refractivity contribution in [2.75, 3.05) is 13.1 Å². The fourth-order valence-electron chi connectivity index (χ4n) is 3.82. The van der Waals surface area contributed by atoms with Gasteiger partial charge in [0.2, 0.25) is 5.91 Å². The molecule has 3 rings (SSSR count). The molecule has 6 heteroatoms. The topological polar surface area (TPSA) is 73.9 Å². The zero-order chi connectivity index (χ0) is 16.1. The molecule has 6 nitrogen and oxygen atoms in total. The van der Waals surface area contributed by atoms with Crippen LogP contribution in [0.4, 0.5) is 0 Å². The third kappa shape index (κ3) is 4.31. The van der Waals surface area contributed by atoms with Crippen LogP contribution in [0.1, 0.15) is 63.5 Å². The fourth-order valence-corrected chi connectivity index (χ4v) is 3.82. The van der Waals surface area contributed by atoms with Crippen molar-refractivity contribution in [3.8, 4) is 0 Å². The first-order valence-corrected chi connectivity index (χ1v) is 9.18. The Hall–Kier alpha value is -1.43. The zero-order valence-electron chi connectivity index (χ0n) is 14.2. The number of rotatable bonds is 6. The van der Waals surface area contributed by atoms with E-state index in [2.05, 4.69) is 25.4 Å². The highest BCUT2D eigenvalue weighted by Gasteiger charge is 2.31. The van der Waals surface area contributed by atoms with E-state index in [0.717, 1.165) is 44.0 Å². The zero-order valence-corrected chi connectivity index (χ0v) is 14.2. The molecule has 2 N–H and O–H groups in total. The van der Waals surface area contributed by atoms with Gasteiger partial charge < -0.3 is 5.32 Å². The number of nitrogens with zero attached hydrogens (tertiary/aromatic N) is 3. The Bertz CT molecular complexity index is 509. The fraction of sp³-hybridized carbons (Fsp3) is 0.824. The Kier molecular flexibility index (Phi) is 5.65. The van der Waals surface area contributed by atoms with E-state index in [4.69, 9.17) is 0 Å². The first kappa shape index (κ1) is 16.4. The summed E-state index contributed by atoms with van der Waals surface area (Å²) in [5.74, 6) is 2.60. The molecular weight excluding hydrogens is 290 g/mol. The lowest BCUT2D eigenvalue weighted by Gasteiger charge is -2.25. The highest BCUT2D eigenvalue weighted by Crippen LogP contribution is 2.23. The van der Waals surface area contributed by atoms with Crippen LogP contribution in [0, 0.1) is 5.92 Å². The third-order valence-corrected chi connectivity index (χ3v) is 5.20. The van der Waals surface area contributed by atoms with Gasteiger partial charge in [-0.1, -0.05) is 26.2 Å². The van der Waals surface area contributed by atoms with Crippen molar-refractivity contribution in [1.29, 1.82) is 0 Å².